The van der Waals surface area contributed by atoms with Crippen LogP contribution in [0.2, 0.25) is 0 Å². The first-order valence-electron chi connectivity index (χ1n) is 22.0. The number of azide groups is 2. The number of aliphatic hydroxyl groups is 1. The molecule has 0 bridgehead atoms. The minimum Gasteiger partial charge on any atom is -0.444 e. The molecule has 0 spiro atoms. The van der Waals surface area contributed by atoms with E-state index in [2.05, 4.69) is 26.6 Å². The zero-order chi connectivity index (χ0) is 48.0. The Balaban J connectivity index is 0.000000252. The highest BCUT2D eigenvalue weighted by atomic mass is 16.7. The van der Waals surface area contributed by atoms with Gasteiger partial charge in [-0.05, 0) is 47.2 Å². The Morgan fingerprint density at radius 1 is 0.627 bits per heavy atom. The summed E-state index contributed by atoms with van der Waals surface area (Å²) in [5, 5.41) is 18.1. The summed E-state index contributed by atoms with van der Waals surface area (Å²) in [4.78, 5) is 34.4. The molecule has 4 aromatic carbocycles. The zero-order valence-electron chi connectivity index (χ0n) is 38.3. The van der Waals surface area contributed by atoms with Gasteiger partial charge in [-0.1, -0.05) is 151 Å². The van der Waals surface area contributed by atoms with Crippen molar-refractivity contribution >= 4 is 12.2 Å². The molecule has 4 unspecified atom stereocenters. The minimum atomic E-state index is -0.993. The number of aliphatic hydroxyl groups excluding tert-OH is 1. The second kappa shape index (κ2) is 27.2. The number of ether oxygens (including phenoxy) is 7. The molecule has 0 saturated carbocycles. The lowest BCUT2D eigenvalue weighted by Gasteiger charge is -2.43. The van der Waals surface area contributed by atoms with E-state index in [4.69, 9.17) is 44.2 Å². The van der Waals surface area contributed by atoms with Crippen LogP contribution in [0.1, 0.15) is 49.9 Å². The highest BCUT2D eigenvalue weighted by Crippen LogP contribution is 2.32. The third-order valence-corrected chi connectivity index (χ3v) is 11.4. The monoisotopic (exact) mass is 920 g/mol. The van der Waals surface area contributed by atoms with Gasteiger partial charge in [0.15, 0.2) is 12.6 Å². The van der Waals surface area contributed by atoms with Crippen LogP contribution < -0.4 is 0 Å². The number of carbonyl (C=O) groups excluding carboxylic acids is 2. The molecule has 10 atom stereocenters. The molecular formula is C49H60N8O10. The number of hydrogen-bond donors (Lipinski definition) is 1. The zero-order valence-corrected chi connectivity index (χ0v) is 38.3. The SMILES string of the molecule is C=CCO[C@@H]1C(N=[N+]=[N-])[C@H](OCN(Cc2ccccc2)C(=O)OCc2ccccc2)OC(C)[C@H]1C.CC1O[C@@H](OCN(Cc2ccccc2)C(=O)OCc2ccccc2)C(N=[N+]=[N-])[C@@H](O)[C@@H]1C. The Hall–Kier alpha value is -6.46. The third-order valence-electron chi connectivity index (χ3n) is 11.4. The van der Waals surface area contributed by atoms with Gasteiger partial charge in [0.05, 0.1) is 44.1 Å². The van der Waals surface area contributed by atoms with E-state index >= 15 is 0 Å². The van der Waals surface area contributed by atoms with E-state index in [-0.39, 0.29) is 63.8 Å². The maximum atomic E-state index is 13.0. The number of benzene rings is 4. The second-order valence-electron chi connectivity index (χ2n) is 16.1. The van der Waals surface area contributed by atoms with Crippen molar-refractivity contribution in [2.75, 3.05) is 20.1 Å². The summed E-state index contributed by atoms with van der Waals surface area (Å²) in [6.07, 6.45) is -3.22. The van der Waals surface area contributed by atoms with E-state index in [0.29, 0.717) is 6.61 Å². The molecule has 0 aliphatic carbocycles. The van der Waals surface area contributed by atoms with Gasteiger partial charge in [0, 0.05) is 21.7 Å². The van der Waals surface area contributed by atoms with Gasteiger partial charge < -0.3 is 38.3 Å². The van der Waals surface area contributed by atoms with E-state index < -0.39 is 49.1 Å². The molecule has 67 heavy (non-hydrogen) atoms. The van der Waals surface area contributed by atoms with Gasteiger partial charge in [-0.3, -0.25) is 9.80 Å². The first-order valence-corrected chi connectivity index (χ1v) is 22.0. The van der Waals surface area contributed by atoms with Gasteiger partial charge in [-0.15, -0.1) is 6.58 Å². The third kappa shape index (κ3) is 15.8. The van der Waals surface area contributed by atoms with Gasteiger partial charge >= 0.3 is 12.2 Å². The maximum Gasteiger partial charge on any atom is 0.412 e. The summed E-state index contributed by atoms with van der Waals surface area (Å²) in [7, 11) is 0. The molecule has 356 valence electrons. The largest absolute Gasteiger partial charge is 0.444 e. The van der Waals surface area contributed by atoms with Crippen LogP contribution >= 0.6 is 0 Å². The van der Waals surface area contributed by atoms with Crippen LogP contribution in [0.25, 0.3) is 20.9 Å². The lowest BCUT2D eigenvalue weighted by atomic mass is 9.90. The molecule has 2 saturated heterocycles. The van der Waals surface area contributed by atoms with E-state index in [0.717, 1.165) is 22.3 Å². The summed E-state index contributed by atoms with van der Waals surface area (Å²) in [6, 6.07) is 36.1. The van der Waals surface area contributed by atoms with Gasteiger partial charge in [0.25, 0.3) is 0 Å². The van der Waals surface area contributed by atoms with Gasteiger partial charge in [-0.25, -0.2) is 9.59 Å². The van der Waals surface area contributed by atoms with Gasteiger partial charge in [0.1, 0.15) is 38.8 Å². The fourth-order valence-corrected chi connectivity index (χ4v) is 7.26. The molecule has 0 aromatic heterocycles. The first kappa shape index (κ1) is 51.5. The van der Waals surface area contributed by atoms with Crippen molar-refractivity contribution < 1.29 is 47.9 Å². The Morgan fingerprint density at radius 3 is 1.43 bits per heavy atom. The Labute approximate surface area is 391 Å². The Bertz CT molecular complexity index is 2200. The molecule has 2 amide bonds. The molecule has 2 aliphatic rings. The van der Waals surface area contributed by atoms with Crippen LogP contribution in [-0.4, -0.2) is 96.2 Å². The number of hydrogen-bond acceptors (Lipinski definition) is 12. The Morgan fingerprint density at radius 2 is 1.01 bits per heavy atom. The molecule has 6 rings (SSSR count). The van der Waals surface area contributed by atoms with Crippen molar-refractivity contribution in [3.8, 4) is 0 Å². The van der Waals surface area contributed by atoms with Crippen LogP contribution in [0.3, 0.4) is 0 Å². The van der Waals surface area contributed by atoms with Crippen LogP contribution in [0.4, 0.5) is 9.59 Å². The van der Waals surface area contributed by atoms with E-state index in [9.17, 15) is 14.7 Å². The number of nitrogens with zero attached hydrogens (tertiary/aromatic N) is 8. The number of amides is 2. The van der Waals surface area contributed by atoms with E-state index in [1.54, 1.807) is 6.08 Å². The van der Waals surface area contributed by atoms with Crippen LogP contribution in [0, 0.1) is 11.8 Å². The van der Waals surface area contributed by atoms with Crippen molar-refractivity contribution in [2.45, 2.75) is 103 Å². The smallest absolute Gasteiger partial charge is 0.412 e. The summed E-state index contributed by atoms with van der Waals surface area (Å²) in [6.45, 7) is 12.0. The fourth-order valence-electron chi connectivity index (χ4n) is 7.26. The standard InChI is InChI=1S/C26H32N4O5.C23H28N4O5/c1-4-15-32-24-19(2)20(3)35-25(23(24)28-29-27)34-18-30(16-21-11-7-5-8-12-21)26(31)33-17-22-13-9-6-10-14-22;1-16-17(2)32-22(20(21(16)28)25-26-24)31-15-27(13-18-9-5-3-6-10-18)23(29)30-14-19-11-7-4-8-12-19/h4-14,19-20,23-25H,1,15-18H2,2-3H3;3-12,16-17,20-22,28H,13-15H2,1-2H3/t19-,20?,23?,24+,25-;16-,17?,20?,21+,22-/m11/s1. The van der Waals surface area contributed by atoms with Crippen LogP contribution in [0.5, 0.6) is 0 Å². The summed E-state index contributed by atoms with van der Waals surface area (Å²) >= 11 is 0. The highest BCUT2D eigenvalue weighted by molar-refractivity contribution is 5.68. The number of rotatable bonds is 19. The summed E-state index contributed by atoms with van der Waals surface area (Å²) < 4.78 is 40.6. The lowest BCUT2D eigenvalue weighted by Crippen LogP contribution is -2.54. The summed E-state index contributed by atoms with van der Waals surface area (Å²) in [5.41, 5.74) is 21.6. The van der Waals surface area contributed by atoms with Crippen molar-refractivity contribution in [3.05, 3.63) is 177 Å². The topological polar surface area (TPSA) is 223 Å². The second-order valence-corrected chi connectivity index (χ2v) is 16.1. The molecule has 1 N–H and O–H groups in total. The first-order chi connectivity index (χ1) is 32.5. The highest BCUT2D eigenvalue weighted by Gasteiger charge is 2.44. The van der Waals surface area contributed by atoms with Crippen molar-refractivity contribution in [1.29, 1.82) is 0 Å². The maximum absolute atomic E-state index is 13.0. The average Bonchev–Trinajstić information content (AvgIpc) is 3.35. The van der Waals surface area contributed by atoms with E-state index in [1.807, 2.05) is 149 Å². The normalized spacial score (nSPS) is 24.3. The molecule has 2 heterocycles. The summed E-state index contributed by atoms with van der Waals surface area (Å²) in [5.74, 6) is -0.275. The molecule has 18 heteroatoms. The lowest BCUT2D eigenvalue weighted by molar-refractivity contribution is -0.254. The number of carbonyl (C=O) groups is 2. The van der Waals surface area contributed by atoms with E-state index in [1.165, 1.54) is 9.80 Å². The van der Waals surface area contributed by atoms with Crippen LogP contribution in [0.15, 0.2) is 144 Å². The predicted octanol–water partition coefficient (Wildman–Crippen LogP) is 9.65. The van der Waals surface area contributed by atoms with Crippen molar-refractivity contribution in [3.63, 3.8) is 0 Å². The van der Waals surface area contributed by atoms with Crippen LogP contribution in [-0.2, 0) is 59.5 Å². The molecular weight excluding hydrogens is 861 g/mol. The van der Waals surface area contributed by atoms with Gasteiger partial charge in [-0.2, -0.15) is 0 Å². The van der Waals surface area contributed by atoms with Crippen molar-refractivity contribution in [1.82, 2.24) is 9.80 Å². The quantitative estimate of drug-likeness (QED) is 0.0308. The van der Waals surface area contributed by atoms with Gasteiger partial charge in [0.2, 0.25) is 0 Å². The molecule has 2 fully saturated rings. The Kier molecular flexibility index (Phi) is 21.0. The minimum absolute atomic E-state index is 0.0402. The average molecular weight is 921 g/mol. The van der Waals surface area contributed by atoms with Crippen molar-refractivity contribution in [2.24, 2.45) is 22.1 Å². The molecule has 2 aliphatic heterocycles. The fraction of sp³-hybridized carbons (Fsp3) is 0.429. The molecule has 18 nitrogen and oxygen atoms in total. The predicted molar refractivity (Wildman–Crippen MR) is 248 cm³/mol. The molecule has 0 radical (unpaired) electrons. The molecule has 4 aromatic rings.